The summed E-state index contributed by atoms with van der Waals surface area (Å²) in [6.45, 7) is 3.56. The molecule has 1 aromatic carbocycles. The Morgan fingerprint density at radius 1 is 1.22 bits per heavy atom. The van der Waals surface area contributed by atoms with Crippen molar-refractivity contribution in [2.24, 2.45) is 11.8 Å². The van der Waals surface area contributed by atoms with E-state index >= 15 is 0 Å². The van der Waals surface area contributed by atoms with Gasteiger partial charge in [0.2, 0.25) is 5.91 Å². The van der Waals surface area contributed by atoms with Crippen LogP contribution in [0.4, 0.5) is 13.2 Å². The molecule has 0 aromatic heterocycles. The van der Waals surface area contributed by atoms with Crippen molar-refractivity contribution in [1.82, 2.24) is 16.0 Å². The van der Waals surface area contributed by atoms with Gasteiger partial charge in [0.25, 0.3) is 0 Å². The smallest absolute Gasteiger partial charge is 0.356 e. The molecular weight excluding hydrogens is 355 g/mol. The summed E-state index contributed by atoms with van der Waals surface area (Å²) < 4.78 is 38.1. The van der Waals surface area contributed by atoms with E-state index in [1.54, 1.807) is 6.07 Å². The van der Waals surface area contributed by atoms with Crippen LogP contribution in [-0.4, -0.2) is 38.1 Å². The number of rotatable bonds is 7. The standard InChI is InChI=1S/C20H28F3N3O/c21-20(22,23)17-4-1-3-14(10-17)7-8-25-19(27)6-2-5-18-16-9-15(12-26-18)11-24-13-16/h1,3-4,10,15-16,18,24,26H,2,5-9,11-13H2,(H,25,27)/t15-,16+,18-/m0/s1. The second kappa shape index (κ2) is 9.06. The molecule has 4 nitrogen and oxygen atoms in total. The molecule has 27 heavy (non-hydrogen) atoms. The Morgan fingerprint density at radius 3 is 2.89 bits per heavy atom. The number of nitrogens with one attached hydrogen (secondary N) is 3. The number of benzene rings is 1. The van der Waals surface area contributed by atoms with Gasteiger partial charge < -0.3 is 16.0 Å². The molecule has 0 radical (unpaired) electrons. The summed E-state index contributed by atoms with van der Waals surface area (Å²) in [7, 11) is 0. The molecule has 1 amide bonds. The van der Waals surface area contributed by atoms with Crippen molar-refractivity contribution in [3.63, 3.8) is 0 Å². The van der Waals surface area contributed by atoms with E-state index in [1.165, 1.54) is 12.5 Å². The third-order valence-corrected chi connectivity index (χ3v) is 5.62. The van der Waals surface area contributed by atoms with Crippen LogP contribution in [0.5, 0.6) is 0 Å². The third-order valence-electron chi connectivity index (χ3n) is 5.62. The number of carbonyl (C=O) groups is 1. The first-order valence-corrected chi connectivity index (χ1v) is 9.79. The summed E-state index contributed by atoms with van der Waals surface area (Å²) in [4.78, 5) is 12.0. The molecule has 2 aliphatic rings. The van der Waals surface area contributed by atoms with Gasteiger partial charge in [-0.3, -0.25) is 4.79 Å². The molecule has 3 rings (SSSR count). The van der Waals surface area contributed by atoms with Gasteiger partial charge in [0.05, 0.1) is 5.56 Å². The number of amides is 1. The van der Waals surface area contributed by atoms with E-state index in [0.717, 1.165) is 50.5 Å². The Balaban J connectivity index is 1.33. The molecule has 2 bridgehead atoms. The van der Waals surface area contributed by atoms with Gasteiger partial charge in [-0.05, 0) is 68.8 Å². The molecule has 0 saturated carbocycles. The molecule has 150 valence electrons. The number of alkyl halides is 3. The summed E-state index contributed by atoms with van der Waals surface area (Å²) in [5.74, 6) is 1.36. The lowest BCUT2D eigenvalue weighted by atomic mass is 9.80. The van der Waals surface area contributed by atoms with E-state index < -0.39 is 11.7 Å². The maximum absolute atomic E-state index is 12.7. The highest BCUT2D eigenvalue weighted by Crippen LogP contribution is 2.29. The minimum atomic E-state index is -4.33. The van der Waals surface area contributed by atoms with Crippen molar-refractivity contribution in [3.8, 4) is 0 Å². The zero-order valence-corrected chi connectivity index (χ0v) is 15.4. The molecule has 3 N–H and O–H groups in total. The maximum Gasteiger partial charge on any atom is 0.416 e. The predicted molar refractivity (Wildman–Crippen MR) is 98.3 cm³/mol. The summed E-state index contributed by atoms with van der Waals surface area (Å²) in [6, 6.07) is 5.74. The maximum atomic E-state index is 12.7. The minimum absolute atomic E-state index is 0.0302. The van der Waals surface area contributed by atoms with Gasteiger partial charge in [0.1, 0.15) is 0 Å². The molecule has 0 spiro atoms. The largest absolute Gasteiger partial charge is 0.416 e. The quantitative estimate of drug-likeness (QED) is 0.679. The van der Waals surface area contributed by atoms with Gasteiger partial charge in [0.15, 0.2) is 0 Å². The van der Waals surface area contributed by atoms with Crippen LogP contribution in [0.1, 0.15) is 36.8 Å². The predicted octanol–water partition coefficient (Wildman–Crippen LogP) is 2.73. The Morgan fingerprint density at radius 2 is 2.07 bits per heavy atom. The summed E-state index contributed by atoms with van der Waals surface area (Å²) in [5.41, 5.74) is -0.0679. The van der Waals surface area contributed by atoms with Crippen molar-refractivity contribution >= 4 is 5.91 Å². The van der Waals surface area contributed by atoms with Crippen molar-refractivity contribution in [1.29, 1.82) is 0 Å². The Bertz CT molecular complexity index is 635. The van der Waals surface area contributed by atoms with Crippen LogP contribution in [0.3, 0.4) is 0 Å². The van der Waals surface area contributed by atoms with Gasteiger partial charge >= 0.3 is 6.18 Å². The van der Waals surface area contributed by atoms with Gasteiger partial charge in [0, 0.05) is 19.0 Å². The lowest BCUT2D eigenvalue weighted by Gasteiger charge is -2.41. The van der Waals surface area contributed by atoms with Crippen LogP contribution >= 0.6 is 0 Å². The number of hydrogen-bond donors (Lipinski definition) is 3. The summed E-state index contributed by atoms with van der Waals surface area (Å²) >= 11 is 0. The number of hydrogen-bond acceptors (Lipinski definition) is 3. The first-order valence-electron chi connectivity index (χ1n) is 9.79. The Kier molecular flexibility index (Phi) is 6.76. The summed E-state index contributed by atoms with van der Waals surface area (Å²) in [6.07, 6.45) is -0.387. The molecular formula is C20H28F3N3O. The molecule has 7 heteroatoms. The summed E-state index contributed by atoms with van der Waals surface area (Å²) in [5, 5.41) is 9.91. The molecule has 2 heterocycles. The monoisotopic (exact) mass is 383 g/mol. The first-order chi connectivity index (χ1) is 12.9. The van der Waals surface area contributed by atoms with E-state index in [1.807, 2.05) is 0 Å². The van der Waals surface area contributed by atoms with E-state index in [2.05, 4.69) is 16.0 Å². The zero-order chi connectivity index (χ0) is 19.3. The van der Waals surface area contributed by atoms with Gasteiger partial charge in [-0.1, -0.05) is 18.2 Å². The normalized spacial score (nSPS) is 25.2. The van der Waals surface area contributed by atoms with Gasteiger partial charge in [-0.2, -0.15) is 13.2 Å². The van der Waals surface area contributed by atoms with Crippen molar-refractivity contribution in [3.05, 3.63) is 35.4 Å². The van der Waals surface area contributed by atoms with E-state index in [-0.39, 0.29) is 5.91 Å². The third kappa shape index (κ3) is 5.94. The molecule has 2 aliphatic heterocycles. The van der Waals surface area contributed by atoms with Crippen LogP contribution in [0.2, 0.25) is 0 Å². The van der Waals surface area contributed by atoms with E-state index in [0.29, 0.717) is 36.9 Å². The topological polar surface area (TPSA) is 53.2 Å². The fourth-order valence-electron chi connectivity index (χ4n) is 4.17. The van der Waals surface area contributed by atoms with Crippen molar-refractivity contribution in [2.45, 2.75) is 44.3 Å². The highest BCUT2D eigenvalue weighted by molar-refractivity contribution is 5.75. The average molecular weight is 383 g/mol. The SMILES string of the molecule is O=C(CCC[C@@H]1NC[C@@H]2CNC[C@H]1C2)NCCc1cccc(C(F)(F)F)c1. The molecule has 2 saturated heterocycles. The van der Waals surface area contributed by atoms with Crippen LogP contribution in [0.15, 0.2) is 24.3 Å². The number of halogens is 3. The minimum Gasteiger partial charge on any atom is -0.356 e. The van der Waals surface area contributed by atoms with E-state index in [4.69, 9.17) is 0 Å². The van der Waals surface area contributed by atoms with Crippen molar-refractivity contribution < 1.29 is 18.0 Å². The molecule has 3 atom stereocenters. The molecule has 1 aromatic rings. The Labute approximate surface area is 158 Å². The fraction of sp³-hybridized carbons (Fsp3) is 0.650. The molecule has 0 unspecified atom stereocenters. The van der Waals surface area contributed by atoms with Crippen LogP contribution in [-0.2, 0) is 17.4 Å². The number of carbonyl (C=O) groups excluding carboxylic acids is 1. The highest BCUT2D eigenvalue weighted by atomic mass is 19.4. The van der Waals surface area contributed by atoms with Crippen molar-refractivity contribution in [2.75, 3.05) is 26.2 Å². The number of piperidine rings is 2. The lowest BCUT2D eigenvalue weighted by Crippen LogP contribution is -2.54. The van der Waals surface area contributed by atoms with Crippen LogP contribution in [0.25, 0.3) is 0 Å². The van der Waals surface area contributed by atoms with Gasteiger partial charge in [-0.15, -0.1) is 0 Å². The first kappa shape index (κ1) is 20.1. The van der Waals surface area contributed by atoms with Crippen LogP contribution in [0, 0.1) is 11.8 Å². The Hall–Kier alpha value is -1.60. The van der Waals surface area contributed by atoms with E-state index in [9.17, 15) is 18.0 Å². The van der Waals surface area contributed by atoms with Crippen LogP contribution < -0.4 is 16.0 Å². The fourth-order valence-corrected chi connectivity index (χ4v) is 4.17. The second-order valence-electron chi connectivity index (χ2n) is 7.73. The second-order valence-corrected chi connectivity index (χ2v) is 7.73. The highest BCUT2D eigenvalue weighted by Gasteiger charge is 2.32. The number of fused-ring (bicyclic) bond motifs is 2. The lowest BCUT2D eigenvalue weighted by molar-refractivity contribution is -0.137. The molecule has 0 aliphatic carbocycles. The van der Waals surface area contributed by atoms with Gasteiger partial charge in [-0.25, -0.2) is 0 Å². The molecule has 2 fully saturated rings. The average Bonchev–Trinajstić information content (AvgIpc) is 2.63. The zero-order valence-electron chi connectivity index (χ0n) is 15.4.